The molecule has 0 saturated carbocycles. The molecular formula is C16H23NS. The minimum Gasteiger partial charge on any atom is -0.198 e. The third-order valence-electron chi connectivity index (χ3n) is 3.06. The molecule has 0 aliphatic rings. The molecule has 1 aromatic carbocycles. The molecule has 1 nitrogen and oxygen atoms in total. The second-order valence-electron chi connectivity index (χ2n) is 5.67. The van der Waals surface area contributed by atoms with Crippen molar-refractivity contribution in [1.29, 1.82) is 5.26 Å². The first kappa shape index (κ1) is 15.1. The molecule has 0 fully saturated rings. The van der Waals surface area contributed by atoms with Crippen LogP contribution in [0.2, 0.25) is 0 Å². The highest BCUT2D eigenvalue weighted by atomic mass is 32.2. The number of hydrogen-bond acceptors (Lipinski definition) is 2. The molecule has 0 aliphatic heterocycles. The molecule has 0 saturated heterocycles. The Labute approximate surface area is 116 Å². The van der Waals surface area contributed by atoms with Crippen LogP contribution in [0.15, 0.2) is 29.2 Å². The van der Waals surface area contributed by atoms with E-state index in [1.807, 2.05) is 25.6 Å². The van der Waals surface area contributed by atoms with Gasteiger partial charge in [-0.25, -0.2) is 0 Å². The fourth-order valence-electron chi connectivity index (χ4n) is 1.71. The van der Waals surface area contributed by atoms with Crippen LogP contribution in [0.5, 0.6) is 0 Å². The summed E-state index contributed by atoms with van der Waals surface area (Å²) in [5, 5.41) is 8.94. The van der Waals surface area contributed by atoms with Gasteiger partial charge in [-0.1, -0.05) is 26.0 Å². The van der Waals surface area contributed by atoms with Crippen molar-refractivity contribution in [3.63, 3.8) is 0 Å². The molecule has 18 heavy (non-hydrogen) atoms. The highest BCUT2D eigenvalue weighted by Gasteiger charge is 2.15. The van der Waals surface area contributed by atoms with Crippen LogP contribution in [0.4, 0.5) is 0 Å². The Morgan fingerprint density at radius 2 is 1.83 bits per heavy atom. The lowest BCUT2D eigenvalue weighted by atomic mass is 9.90. The lowest BCUT2D eigenvalue weighted by Gasteiger charge is -2.14. The lowest BCUT2D eigenvalue weighted by molar-refractivity contribution is 0.448. The molecule has 2 heteroatoms. The Kier molecular flexibility index (Phi) is 5.75. The predicted octanol–water partition coefficient (Wildman–Crippen LogP) is 5.23. The monoisotopic (exact) mass is 261 g/mol. The zero-order valence-electron chi connectivity index (χ0n) is 11.9. The molecule has 0 atom stereocenters. The molecule has 0 aromatic heterocycles. The van der Waals surface area contributed by atoms with Crippen molar-refractivity contribution >= 4 is 11.8 Å². The fraction of sp³-hybridized carbons (Fsp3) is 0.562. The SMILES string of the molecule is CC(C)c1ccc(SCCCC(C)(C)C#N)cc1. The van der Waals surface area contributed by atoms with Gasteiger partial charge < -0.3 is 0 Å². The number of benzene rings is 1. The number of nitriles is 1. The highest BCUT2D eigenvalue weighted by molar-refractivity contribution is 7.99. The van der Waals surface area contributed by atoms with Crippen molar-refractivity contribution in [2.45, 2.75) is 51.3 Å². The van der Waals surface area contributed by atoms with Crippen molar-refractivity contribution in [2.75, 3.05) is 5.75 Å². The molecule has 0 radical (unpaired) electrons. The number of hydrogen-bond donors (Lipinski definition) is 0. The summed E-state index contributed by atoms with van der Waals surface area (Å²) in [6, 6.07) is 11.2. The van der Waals surface area contributed by atoms with Crippen LogP contribution in [0.3, 0.4) is 0 Å². The van der Waals surface area contributed by atoms with Crippen LogP contribution >= 0.6 is 11.8 Å². The van der Waals surface area contributed by atoms with E-state index in [9.17, 15) is 0 Å². The van der Waals surface area contributed by atoms with Crippen LogP contribution in [0, 0.1) is 16.7 Å². The summed E-state index contributed by atoms with van der Waals surface area (Å²) in [5.74, 6) is 1.69. The molecule has 0 unspecified atom stereocenters. The van der Waals surface area contributed by atoms with E-state index in [2.05, 4.69) is 44.2 Å². The van der Waals surface area contributed by atoms with Crippen LogP contribution in [0.25, 0.3) is 0 Å². The second-order valence-corrected chi connectivity index (χ2v) is 6.84. The van der Waals surface area contributed by atoms with Crippen molar-refractivity contribution < 1.29 is 0 Å². The van der Waals surface area contributed by atoms with E-state index in [-0.39, 0.29) is 5.41 Å². The fourth-order valence-corrected chi connectivity index (χ4v) is 2.56. The zero-order chi connectivity index (χ0) is 13.6. The minimum atomic E-state index is -0.179. The number of thioether (sulfide) groups is 1. The summed E-state index contributed by atoms with van der Waals surface area (Å²) < 4.78 is 0. The van der Waals surface area contributed by atoms with Gasteiger partial charge in [-0.3, -0.25) is 0 Å². The summed E-state index contributed by atoms with van der Waals surface area (Å²) in [6.07, 6.45) is 2.07. The molecule has 0 heterocycles. The maximum absolute atomic E-state index is 8.94. The van der Waals surface area contributed by atoms with Gasteiger partial charge >= 0.3 is 0 Å². The zero-order valence-corrected chi connectivity index (χ0v) is 12.7. The number of rotatable bonds is 6. The molecule has 0 spiro atoms. The summed E-state index contributed by atoms with van der Waals surface area (Å²) in [6.45, 7) is 8.45. The van der Waals surface area contributed by atoms with Crippen LogP contribution in [0.1, 0.15) is 52.0 Å². The topological polar surface area (TPSA) is 23.8 Å². The van der Waals surface area contributed by atoms with Crippen LogP contribution in [-0.2, 0) is 0 Å². The standard InChI is InChI=1S/C16H23NS/c1-13(2)14-6-8-15(9-7-14)18-11-5-10-16(3,4)12-17/h6-9,13H,5,10-11H2,1-4H3. The van der Waals surface area contributed by atoms with Gasteiger partial charge in [-0.2, -0.15) is 5.26 Å². The lowest BCUT2D eigenvalue weighted by Crippen LogP contribution is -2.07. The normalized spacial score (nSPS) is 11.6. The van der Waals surface area contributed by atoms with Crippen molar-refractivity contribution in [3.8, 4) is 6.07 Å². The van der Waals surface area contributed by atoms with E-state index in [0.717, 1.165) is 18.6 Å². The van der Waals surface area contributed by atoms with Gasteiger partial charge in [-0.15, -0.1) is 11.8 Å². The van der Waals surface area contributed by atoms with E-state index in [1.165, 1.54) is 10.5 Å². The number of nitrogens with zero attached hydrogens (tertiary/aromatic N) is 1. The third-order valence-corrected chi connectivity index (χ3v) is 4.16. The van der Waals surface area contributed by atoms with Gasteiger partial charge in [0.1, 0.15) is 0 Å². The largest absolute Gasteiger partial charge is 0.198 e. The first-order chi connectivity index (χ1) is 8.44. The van der Waals surface area contributed by atoms with Crippen LogP contribution < -0.4 is 0 Å². The summed E-state index contributed by atoms with van der Waals surface area (Å²) >= 11 is 1.88. The molecule has 0 N–H and O–H groups in total. The quantitative estimate of drug-likeness (QED) is 0.517. The summed E-state index contributed by atoms with van der Waals surface area (Å²) in [7, 11) is 0. The Morgan fingerprint density at radius 1 is 1.22 bits per heavy atom. The smallest absolute Gasteiger partial charge is 0.0683 e. The molecule has 0 aliphatic carbocycles. The van der Waals surface area contributed by atoms with Gasteiger partial charge in [0.25, 0.3) is 0 Å². The minimum absolute atomic E-state index is 0.179. The molecule has 1 rings (SSSR count). The van der Waals surface area contributed by atoms with E-state index < -0.39 is 0 Å². The Balaban J connectivity index is 2.34. The molecular weight excluding hydrogens is 238 g/mol. The average molecular weight is 261 g/mol. The molecule has 0 amide bonds. The van der Waals surface area contributed by atoms with E-state index in [0.29, 0.717) is 5.92 Å². The molecule has 0 bridgehead atoms. The van der Waals surface area contributed by atoms with Gasteiger partial charge in [0.15, 0.2) is 0 Å². The molecule has 98 valence electrons. The van der Waals surface area contributed by atoms with Gasteiger partial charge in [0.2, 0.25) is 0 Å². The molecule has 1 aromatic rings. The summed E-state index contributed by atoms with van der Waals surface area (Å²) in [5.41, 5.74) is 1.21. The highest BCUT2D eigenvalue weighted by Crippen LogP contribution is 2.26. The second kappa shape index (κ2) is 6.85. The Hall–Kier alpha value is -0.940. The maximum Gasteiger partial charge on any atom is 0.0683 e. The van der Waals surface area contributed by atoms with Gasteiger partial charge in [-0.05, 0) is 56.1 Å². The Morgan fingerprint density at radius 3 is 2.33 bits per heavy atom. The first-order valence-electron chi connectivity index (χ1n) is 6.58. The Bertz CT molecular complexity index is 398. The average Bonchev–Trinajstić information content (AvgIpc) is 2.35. The van der Waals surface area contributed by atoms with Gasteiger partial charge in [0.05, 0.1) is 11.5 Å². The van der Waals surface area contributed by atoms with Crippen molar-refractivity contribution in [2.24, 2.45) is 5.41 Å². The summed E-state index contributed by atoms with van der Waals surface area (Å²) in [4.78, 5) is 1.33. The van der Waals surface area contributed by atoms with E-state index >= 15 is 0 Å². The van der Waals surface area contributed by atoms with E-state index in [1.54, 1.807) is 0 Å². The third kappa shape index (κ3) is 5.14. The van der Waals surface area contributed by atoms with E-state index in [4.69, 9.17) is 5.26 Å². The van der Waals surface area contributed by atoms with Crippen molar-refractivity contribution in [1.82, 2.24) is 0 Å². The van der Waals surface area contributed by atoms with Crippen molar-refractivity contribution in [3.05, 3.63) is 29.8 Å². The van der Waals surface area contributed by atoms with Gasteiger partial charge in [0, 0.05) is 4.90 Å². The maximum atomic E-state index is 8.94. The van der Waals surface area contributed by atoms with Crippen LogP contribution in [-0.4, -0.2) is 5.75 Å². The first-order valence-corrected chi connectivity index (χ1v) is 7.57. The predicted molar refractivity (Wildman–Crippen MR) is 79.9 cm³/mol.